The number of benzene rings is 1. The molecular weight excluding hydrogens is 504 g/mol. The molecule has 4 aliphatic rings. The van der Waals surface area contributed by atoms with E-state index < -0.39 is 11.6 Å². The lowest BCUT2D eigenvalue weighted by molar-refractivity contribution is 0.0145. The lowest BCUT2D eigenvalue weighted by Crippen LogP contribution is -2.46. The Labute approximate surface area is 225 Å². The second kappa shape index (κ2) is 9.70. The first kappa shape index (κ1) is 24.7. The predicted octanol–water partition coefficient (Wildman–Crippen LogP) is 6.27. The summed E-state index contributed by atoms with van der Waals surface area (Å²) in [5, 5.41) is 4.10. The van der Waals surface area contributed by atoms with Gasteiger partial charge < -0.3 is 18.9 Å². The highest BCUT2D eigenvalue weighted by Crippen LogP contribution is 2.49. The Morgan fingerprint density at radius 2 is 1.74 bits per heavy atom. The third-order valence-electron chi connectivity index (χ3n) is 8.70. The van der Waals surface area contributed by atoms with Gasteiger partial charge in [-0.3, -0.25) is 0 Å². The molecule has 4 fully saturated rings. The van der Waals surface area contributed by atoms with Crippen molar-refractivity contribution >= 4 is 11.8 Å². The van der Waals surface area contributed by atoms with Crippen LogP contribution in [0.3, 0.4) is 0 Å². The fourth-order valence-corrected chi connectivity index (χ4v) is 6.47. The molecule has 2 bridgehead atoms. The molecule has 204 valence electrons. The number of hydrogen-bond acceptors (Lipinski definition) is 7. The van der Waals surface area contributed by atoms with Gasteiger partial charge in [0.05, 0.1) is 30.9 Å². The fourth-order valence-electron chi connectivity index (χ4n) is 6.47. The van der Waals surface area contributed by atoms with Gasteiger partial charge in [0.1, 0.15) is 28.9 Å². The molecule has 2 aromatic heterocycles. The van der Waals surface area contributed by atoms with Crippen LogP contribution in [0.5, 0.6) is 0 Å². The van der Waals surface area contributed by atoms with Crippen LogP contribution in [0.4, 0.5) is 14.6 Å². The number of esters is 1. The molecule has 7 nitrogen and oxygen atoms in total. The summed E-state index contributed by atoms with van der Waals surface area (Å²) in [4.78, 5) is 19.4. The van der Waals surface area contributed by atoms with Crippen molar-refractivity contribution in [3.05, 3.63) is 64.5 Å². The van der Waals surface area contributed by atoms with Gasteiger partial charge in [-0.05, 0) is 81.0 Å². The topological polar surface area (TPSA) is 77.7 Å². The number of rotatable bonds is 8. The lowest BCUT2D eigenvalue weighted by atomic mass is 9.97. The summed E-state index contributed by atoms with van der Waals surface area (Å²) in [5.74, 6) is 0.682. The summed E-state index contributed by atoms with van der Waals surface area (Å²) >= 11 is 0. The highest BCUT2D eigenvalue weighted by atomic mass is 19.1. The minimum absolute atomic E-state index is 0.0118. The maximum Gasteiger partial charge on any atom is 0.339 e. The molecule has 0 amide bonds. The van der Waals surface area contributed by atoms with Gasteiger partial charge in [0.2, 0.25) is 0 Å². The van der Waals surface area contributed by atoms with Crippen molar-refractivity contribution in [1.29, 1.82) is 0 Å². The lowest BCUT2D eigenvalue weighted by Gasteiger charge is -2.40. The Kier molecular flexibility index (Phi) is 6.14. The van der Waals surface area contributed by atoms with Crippen molar-refractivity contribution < 1.29 is 27.6 Å². The van der Waals surface area contributed by atoms with Gasteiger partial charge in [-0.1, -0.05) is 11.2 Å². The SMILES string of the molecule is COC(=O)c1cnc(N2C3CC[C@H]2CC(OCc2c(-c4c(F)cccc4F)noc2C2CC2)C3)c(C2CC2)c1. The van der Waals surface area contributed by atoms with Gasteiger partial charge in [-0.2, -0.15) is 0 Å². The second-order valence-corrected chi connectivity index (χ2v) is 11.3. The molecule has 1 aromatic carbocycles. The van der Waals surface area contributed by atoms with Gasteiger partial charge in [-0.15, -0.1) is 0 Å². The van der Waals surface area contributed by atoms with Crippen molar-refractivity contribution in [2.75, 3.05) is 12.0 Å². The largest absolute Gasteiger partial charge is 0.465 e. The van der Waals surface area contributed by atoms with E-state index in [-0.39, 0.29) is 47.9 Å². The first-order valence-corrected chi connectivity index (χ1v) is 13.9. The number of halogens is 2. The molecule has 2 aliphatic carbocycles. The van der Waals surface area contributed by atoms with Crippen LogP contribution in [-0.2, 0) is 16.1 Å². The van der Waals surface area contributed by atoms with Crippen LogP contribution in [-0.4, -0.2) is 41.4 Å². The number of methoxy groups -OCH3 is 1. The number of pyridine rings is 1. The monoisotopic (exact) mass is 535 g/mol. The van der Waals surface area contributed by atoms with Crippen molar-refractivity contribution in [3.8, 4) is 11.3 Å². The van der Waals surface area contributed by atoms with E-state index in [1.54, 1.807) is 6.20 Å². The average Bonchev–Trinajstić information content (AvgIpc) is 3.87. The third-order valence-corrected chi connectivity index (χ3v) is 8.70. The second-order valence-electron chi connectivity index (χ2n) is 11.3. The van der Waals surface area contributed by atoms with Crippen LogP contribution in [0.1, 0.15) is 90.4 Å². The number of aromatic nitrogens is 2. The average molecular weight is 536 g/mol. The summed E-state index contributed by atoms with van der Waals surface area (Å²) in [7, 11) is 1.39. The van der Waals surface area contributed by atoms with Crippen molar-refractivity contribution in [2.24, 2.45) is 0 Å². The number of carbonyl (C=O) groups excluding carboxylic acids is 1. The minimum atomic E-state index is -0.657. The summed E-state index contributed by atoms with van der Waals surface area (Å²) in [6.07, 6.45) is 9.62. The van der Waals surface area contributed by atoms with Gasteiger partial charge >= 0.3 is 5.97 Å². The van der Waals surface area contributed by atoms with Crippen molar-refractivity contribution in [1.82, 2.24) is 10.1 Å². The summed E-state index contributed by atoms with van der Waals surface area (Å²) in [6.45, 7) is 0.210. The van der Waals surface area contributed by atoms with Gasteiger partial charge in [0.15, 0.2) is 0 Å². The molecule has 39 heavy (non-hydrogen) atoms. The Morgan fingerprint density at radius 1 is 1.05 bits per heavy atom. The number of carbonyl (C=O) groups is 1. The first-order valence-electron chi connectivity index (χ1n) is 13.9. The smallest absolute Gasteiger partial charge is 0.339 e. The molecule has 9 heteroatoms. The van der Waals surface area contributed by atoms with E-state index in [9.17, 15) is 13.6 Å². The van der Waals surface area contributed by atoms with Crippen LogP contribution < -0.4 is 4.90 Å². The van der Waals surface area contributed by atoms with E-state index in [1.807, 2.05) is 6.07 Å². The standard InChI is InChI=1S/C30H31F2N3O4/c1-37-30(36)18-11-22(16-5-6-16)29(33-14-18)35-19-9-10-20(35)13-21(12-19)38-15-23-27(34-39-28(23)17-7-8-17)26-24(31)3-2-4-25(26)32/h2-4,11,14,16-17,19-21H,5-10,12-13,15H2,1H3/t19-,20?,21?/m0/s1. The van der Waals surface area contributed by atoms with Crippen molar-refractivity contribution in [3.63, 3.8) is 0 Å². The Hall–Kier alpha value is -3.33. The maximum absolute atomic E-state index is 14.6. The molecule has 2 unspecified atom stereocenters. The van der Waals surface area contributed by atoms with Gasteiger partial charge in [0, 0.05) is 29.8 Å². The minimum Gasteiger partial charge on any atom is -0.465 e. The molecule has 4 heterocycles. The number of fused-ring (bicyclic) bond motifs is 2. The molecule has 0 spiro atoms. The van der Waals surface area contributed by atoms with Crippen LogP contribution in [0, 0.1) is 11.6 Å². The van der Waals surface area contributed by atoms with Gasteiger partial charge in [0.25, 0.3) is 0 Å². The molecule has 0 N–H and O–H groups in total. The van der Waals surface area contributed by atoms with Crippen LogP contribution in [0.15, 0.2) is 35.0 Å². The normalized spacial score (nSPS) is 24.3. The van der Waals surface area contributed by atoms with E-state index >= 15 is 0 Å². The summed E-state index contributed by atoms with van der Waals surface area (Å²) in [6, 6.07) is 6.37. The third kappa shape index (κ3) is 4.50. The molecule has 0 radical (unpaired) electrons. The van der Waals surface area contributed by atoms with Crippen LogP contribution in [0.25, 0.3) is 11.3 Å². The highest BCUT2D eigenvalue weighted by Gasteiger charge is 2.44. The number of ether oxygens (including phenoxy) is 2. The molecular formula is C30H31F2N3O4. The predicted molar refractivity (Wildman–Crippen MR) is 138 cm³/mol. The zero-order chi connectivity index (χ0) is 26.7. The summed E-state index contributed by atoms with van der Waals surface area (Å²) < 4.78 is 46.3. The Morgan fingerprint density at radius 3 is 2.38 bits per heavy atom. The fraction of sp³-hybridized carbons (Fsp3) is 0.500. The van der Waals surface area contributed by atoms with E-state index in [1.165, 1.54) is 25.3 Å². The first-order chi connectivity index (χ1) is 19.0. The number of hydrogen-bond donors (Lipinski definition) is 0. The maximum atomic E-state index is 14.6. The van der Waals surface area contributed by atoms with Crippen LogP contribution in [0.2, 0.25) is 0 Å². The number of nitrogens with zero attached hydrogens (tertiary/aromatic N) is 3. The van der Waals surface area contributed by atoms with E-state index in [0.29, 0.717) is 22.8 Å². The van der Waals surface area contributed by atoms with Gasteiger partial charge in [-0.25, -0.2) is 18.6 Å². The highest BCUT2D eigenvalue weighted by molar-refractivity contribution is 5.89. The van der Waals surface area contributed by atoms with Crippen LogP contribution >= 0.6 is 0 Å². The molecule has 2 saturated heterocycles. The molecule has 3 atom stereocenters. The summed E-state index contributed by atoms with van der Waals surface area (Å²) in [5.41, 5.74) is 2.35. The Bertz CT molecular complexity index is 1380. The number of anilines is 1. The zero-order valence-corrected chi connectivity index (χ0v) is 21.9. The van der Waals surface area contributed by atoms with E-state index in [0.717, 1.165) is 62.7 Å². The van der Waals surface area contributed by atoms with E-state index in [2.05, 4.69) is 10.1 Å². The molecule has 2 aliphatic heterocycles. The van der Waals surface area contributed by atoms with E-state index in [4.69, 9.17) is 19.0 Å². The molecule has 3 aromatic rings. The molecule has 2 saturated carbocycles. The van der Waals surface area contributed by atoms with Crippen molar-refractivity contribution in [2.45, 2.75) is 88.0 Å². The quantitative estimate of drug-likeness (QED) is 0.315. The number of piperidine rings is 1. The Balaban J connectivity index is 1.11. The zero-order valence-electron chi connectivity index (χ0n) is 21.9. The molecule has 7 rings (SSSR count).